The van der Waals surface area contributed by atoms with Crippen molar-refractivity contribution in [2.24, 2.45) is 5.73 Å². The van der Waals surface area contributed by atoms with Crippen LogP contribution in [0.5, 0.6) is 0 Å². The number of hydrogen-bond donors (Lipinski definition) is 3. The van der Waals surface area contributed by atoms with E-state index in [0.29, 0.717) is 11.1 Å². The molecule has 0 spiro atoms. The smallest absolute Gasteiger partial charge is 0.269 e. The summed E-state index contributed by atoms with van der Waals surface area (Å²) >= 11 is 0. The second-order valence-electron chi connectivity index (χ2n) is 2.84. The number of rotatable bonds is 3. The molecule has 0 aromatic heterocycles. The average molecular weight is 214 g/mol. The van der Waals surface area contributed by atoms with E-state index >= 15 is 0 Å². The van der Waals surface area contributed by atoms with Crippen LogP contribution in [0.25, 0.3) is 0 Å². The summed E-state index contributed by atoms with van der Waals surface area (Å²) in [6, 6.07) is 6.17. The van der Waals surface area contributed by atoms with Gasteiger partial charge in [0.15, 0.2) is 0 Å². The number of amidine groups is 1. The van der Waals surface area contributed by atoms with Crippen molar-refractivity contribution in [2.45, 2.75) is 5.75 Å². The van der Waals surface area contributed by atoms with Gasteiger partial charge < -0.3 is 5.73 Å². The molecule has 1 rings (SSSR count). The van der Waals surface area contributed by atoms with Gasteiger partial charge in [-0.2, -0.15) is 8.42 Å². The van der Waals surface area contributed by atoms with Gasteiger partial charge in [-0.1, -0.05) is 18.2 Å². The molecule has 0 aliphatic heterocycles. The van der Waals surface area contributed by atoms with Crippen LogP contribution in [0.2, 0.25) is 0 Å². The molecule has 1 aromatic carbocycles. The minimum Gasteiger partial charge on any atom is -0.384 e. The Labute approximate surface area is 81.8 Å². The Morgan fingerprint density at radius 2 is 2.14 bits per heavy atom. The normalized spacial score (nSPS) is 11.2. The Bertz CT molecular complexity index is 453. The van der Waals surface area contributed by atoms with Gasteiger partial charge >= 0.3 is 0 Å². The number of benzene rings is 1. The maximum absolute atomic E-state index is 10.6. The molecule has 6 heteroatoms. The van der Waals surface area contributed by atoms with Crippen LogP contribution in [0.4, 0.5) is 0 Å². The fourth-order valence-corrected chi connectivity index (χ4v) is 1.64. The molecule has 0 aliphatic carbocycles. The molecule has 0 heterocycles. The second-order valence-corrected chi connectivity index (χ2v) is 4.29. The summed E-state index contributed by atoms with van der Waals surface area (Å²) in [4.78, 5) is 0. The second kappa shape index (κ2) is 3.77. The molecule has 0 saturated carbocycles. The van der Waals surface area contributed by atoms with Crippen LogP contribution in [0, 0.1) is 5.41 Å². The number of nitrogen functional groups attached to an aromatic ring is 1. The molecule has 1 aromatic rings. The molecular weight excluding hydrogens is 204 g/mol. The topological polar surface area (TPSA) is 104 Å². The maximum Gasteiger partial charge on any atom is 0.269 e. The van der Waals surface area contributed by atoms with E-state index in [1.165, 1.54) is 6.07 Å². The lowest BCUT2D eigenvalue weighted by Gasteiger charge is -2.01. The average Bonchev–Trinajstić information content (AvgIpc) is 2.01. The highest BCUT2D eigenvalue weighted by Gasteiger charge is 2.07. The Kier molecular flexibility index (Phi) is 2.87. The van der Waals surface area contributed by atoms with E-state index in [-0.39, 0.29) is 5.84 Å². The molecule has 0 bridgehead atoms. The highest BCUT2D eigenvalue weighted by Crippen LogP contribution is 2.07. The van der Waals surface area contributed by atoms with Crippen LogP contribution in [-0.4, -0.2) is 18.8 Å². The van der Waals surface area contributed by atoms with Crippen LogP contribution in [0.1, 0.15) is 11.1 Å². The zero-order chi connectivity index (χ0) is 10.8. The van der Waals surface area contributed by atoms with Gasteiger partial charge in [-0.15, -0.1) is 0 Å². The van der Waals surface area contributed by atoms with Crippen molar-refractivity contribution in [1.29, 1.82) is 5.41 Å². The summed E-state index contributed by atoms with van der Waals surface area (Å²) in [7, 11) is -4.03. The molecule has 5 nitrogen and oxygen atoms in total. The highest BCUT2D eigenvalue weighted by atomic mass is 32.2. The first-order valence-electron chi connectivity index (χ1n) is 3.77. The van der Waals surface area contributed by atoms with Crippen LogP contribution >= 0.6 is 0 Å². The van der Waals surface area contributed by atoms with Crippen LogP contribution in [0.15, 0.2) is 24.3 Å². The van der Waals surface area contributed by atoms with E-state index in [4.69, 9.17) is 15.7 Å². The molecule has 0 amide bonds. The monoisotopic (exact) mass is 214 g/mol. The highest BCUT2D eigenvalue weighted by molar-refractivity contribution is 7.85. The lowest BCUT2D eigenvalue weighted by molar-refractivity contribution is 0.482. The quantitative estimate of drug-likeness (QED) is 0.384. The molecule has 14 heavy (non-hydrogen) atoms. The van der Waals surface area contributed by atoms with Gasteiger partial charge in [-0.25, -0.2) is 0 Å². The molecule has 0 atom stereocenters. The van der Waals surface area contributed by atoms with Crippen LogP contribution < -0.4 is 5.73 Å². The lowest BCUT2D eigenvalue weighted by atomic mass is 10.1. The summed E-state index contributed by atoms with van der Waals surface area (Å²) in [5.74, 6) is -0.601. The third-order valence-corrected chi connectivity index (χ3v) is 2.29. The van der Waals surface area contributed by atoms with Crippen molar-refractivity contribution in [3.8, 4) is 0 Å². The fraction of sp³-hybridized carbons (Fsp3) is 0.125. The fourth-order valence-electron chi connectivity index (χ4n) is 1.04. The molecular formula is C8H10N2O3S. The lowest BCUT2D eigenvalue weighted by Crippen LogP contribution is -2.11. The first-order valence-corrected chi connectivity index (χ1v) is 5.38. The third kappa shape index (κ3) is 3.15. The van der Waals surface area contributed by atoms with Crippen molar-refractivity contribution in [1.82, 2.24) is 0 Å². The summed E-state index contributed by atoms with van der Waals surface area (Å²) in [5, 5.41) is 7.13. The number of hydrogen-bond acceptors (Lipinski definition) is 3. The minimum absolute atomic E-state index is 0.137. The van der Waals surface area contributed by atoms with Crippen LogP contribution in [-0.2, 0) is 15.9 Å². The maximum atomic E-state index is 10.6. The Hall–Kier alpha value is -1.40. The largest absolute Gasteiger partial charge is 0.384 e. The van der Waals surface area contributed by atoms with Crippen molar-refractivity contribution in [3.63, 3.8) is 0 Å². The van der Waals surface area contributed by atoms with Gasteiger partial charge in [-0.3, -0.25) is 9.96 Å². The molecule has 0 aliphatic rings. The van der Waals surface area contributed by atoms with E-state index in [1.54, 1.807) is 18.2 Å². The predicted molar refractivity (Wildman–Crippen MR) is 52.7 cm³/mol. The van der Waals surface area contributed by atoms with E-state index in [1.807, 2.05) is 0 Å². The van der Waals surface area contributed by atoms with E-state index in [2.05, 4.69) is 0 Å². The Morgan fingerprint density at radius 3 is 2.64 bits per heavy atom. The Morgan fingerprint density at radius 1 is 1.50 bits per heavy atom. The van der Waals surface area contributed by atoms with Crippen molar-refractivity contribution < 1.29 is 13.0 Å². The Balaban J connectivity index is 3.01. The first kappa shape index (κ1) is 10.7. The SMILES string of the molecule is N=C(N)c1cccc(CS(=O)(=O)O)c1. The predicted octanol–water partition coefficient (Wildman–Crippen LogP) is 0.358. The van der Waals surface area contributed by atoms with Crippen molar-refractivity contribution >= 4 is 16.0 Å². The van der Waals surface area contributed by atoms with Gasteiger partial charge in [0.05, 0.1) is 0 Å². The number of nitrogens with two attached hydrogens (primary N) is 1. The van der Waals surface area contributed by atoms with Crippen molar-refractivity contribution in [2.75, 3.05) is 0 Å². The van der Waals surface area contributed by atoms with E-state index in [0.717, 1.165) is 0 Å². The summed E-state index contributed by atoms with van der Waals surface area (Å²) < 4.78 is 29.7. The molecule has 0 radical (unpaired) electrons. The standard InChI is InChI=1S/C8H10N2O3S/c9-8(10)7-3-1-2-6(4-7)5-14(11,12)13/h1-4H,5H2,(H3,9,10)(H,11,12,13). The summed E-state index contributed by atoms with van der Waals surface area (Å²) in [6.07, 6.45) is 0. The zero-order valence-corrected chi connectivity index (χ0v) is 8.08. The summed E-state index contributed by atoms with van der Waals surface area (Å²) in [5.41, 5.74) is 6.06. The van der Waals surface area contributed by atoms with Gasteiger partial charge in [0.2, 0.25) is 0 Å². The van der Waals surface area contributed by atoms with Gasteiger partial charge in [0.25, 0.3) is 10.1 Å². The summed E-state index contributed by atoms with van der Waals surface area (Å²) in [6.45, 7) is 0. The van der Waals surface area contributed by atoms with E-state index < -0.39 is 15.9 Å². The van der Waals surface area contributed by atoms with Gasteiger partial charge in [0.1, 0.15) is 11.6 Å². The third-order valence-electron chi connectivity index (χ3n) is 1.59. The minimum atomic E-state index is -4.03. The van der Waals surface area contributed by atoms with Crippen LogP contribution in [0.3, 0.4) is 0 Å². The molecule has 0 unspecified atom stereocenters. The first-order chi connectivity index (χ1) is 6.38. The van der Waals surface area contributed by atoms with Gasteiger partial charge in [-0.05, 0) is 11.6 Å². The van der Waals surface area contributed by atoms with Crippen molar-refractivity contribution in [3.05, 3.63) is 35.4 Å². The zero-order valence-electron chi connectivity index (χ0n) is 7.27. The van der Waals surface area contributed by atoms with Gasteiger partial charge in [0, 0.05) is 5.56 Å². The molecule has 76 valence electrons. The van der Waals surface area contributed by atoms with E-state index in [9.17, 15) is 8.42 Å². The molecule has 0 saturated heterocycles. The molecule has 0 fully saturated rings. The molecule has 4 N–H and O–H groups in total. The number of nitrogens with one attached hydrogen (secondary N) is 1.